The first kappa shape index (κ1) is 14.7. The largest absolute Gasteiger partial charge is 0.383 e. The van der Waals surface area contributed by atoms with Crippen molar-refractivity contribution in [2.24, 2.45) is 0 Å². The van der Waals surface area contributed by atoms with Crippen LogP contribution in [0.25, 0.3) is 22.2 Å². The fourth-order valence-electron chi connectivity index (χ4n) is 3.26. The van der Waals surface area contributed by atoms with Gasteiger partial charge in [0.05, 0.1) is 5.39 Å². The smallest absolute Gasteiger partial charge is 0.165 e. The van der Waals surface area contributed by atoms with Gasteiger partial charge in [0, 0.05) is 26.9 Å². The third-order valence-corrected chi connectivity index (χ3v) is 4.84. The molecule has 0 fully saturated rings. The number of nitrogen functional groups attached to an aromatic ring is 1. The van der Waals surface area contributed by atoms with E-state index >= 15 is 0 Å². The summed E-state index contributed by atoms with van der Waals surface area (Å²) >= 11 is 12.5. The van der Waals surface area contributed by atoms with Crippen LogP contribution in [0.4, 0.5) is 5.82 Å². The van der Waals surface area contributed by atoms with Crippen molar-refractivity contribution in [1.29, 1.82) is 0 Å². The molecule has 116 valence electrons. The predicted octanol–water partition coefficient (Wildman–Crippen LogP) is 4.46. The van der Waals surface area contributed by atoms with E-state index in [1.54, 1.807) is 6.07 Å². The summed E-state index contributed by atoms with van der Waals surface area (Å²) in [5.74, 6) is 0.428. The van der Waals surface area contributed by atoms with Crippen molar-refractivity contribution in [3.05, 3.63) is 45.8 Å². The summed E-state index contributed by atoms with van der Waals surface area (Å²) in [5, 5.41) is 1.98. The number of benzene rings is 1. The summed E-state index contributed by atoms with van der Waals surface area (Å²) in [7, 11) is 0. The highest BCUT2D eigenvalue weighted by Gasteiger charge is 2.22. The van der Waals surface area contributed by atoms with E-state index in [1.165, 1.54) is 11.9 Å². The average molecular weight is 345 g/mol. The normalized spacial score (nSPS) is 14.0. The van der Waals surface area contributed by atoms with Crippen molar-refractivity contribution < 1.29 is 0 Å². The number of nitrogens with two attached hydrogens (primary N) is 1. The number of hydrogen-bond donors (Lipinski definition) is 1. The van der Waals surface area contributed by atoms with Crippen LogP contribution in [0.3, 0.4) is 0 Å². The third-order valence-electron chi connectivity index (χ3n) is 4.29. The molecule has 0 spiro atoms. The van der Waals surface area contributed by atoms with Crippen LogP contribution in [0.15, 0.2) is 24.5 Å². The molecule has 0 atom stereocenters. The van der Waals surface area contributed by atoms with Gasteiger partial charge >= 0.3 is 0 Å². The number of nitrogens with zero attached hydrogens (tertiary/aromatic N) is 3. The van der Waals surface area contributed by atoms with Gasteiger partial charge in [-0.1, -0.05) is 29.3 Å². The molecule has 2 N–H and O–H groups in total. The SMILES string of the molecule is Nc1ncnc2nc3c(c(-c4ccc(Cl)cc4Cl)c12)CCCC3. The number of hydrogen-bond acceptors (Lipinski definition) is 4. The van der Waals surface area contributed by atoms with E-state index in [0.29, 0.717) is 21.5 Å². The Labute approximate surface area is 143 Å². The van der Waals surface area contributed by atoms with Crippen molar-refractivity contribution >= 4 is 40.1 Å². The van der Waals surface area contributed by atoms with Gasteiger partial charge in [0.2, 0.25) is 0 Å². The molecule has 0 unspecified atom stereocenters. The molecule has 0 saturated carbocycles. The highest BCUT2D eigenvalue weighted by molar-refractivity contribution is 6.36. The number of fused-ring (bicyclic) bond motifs is 2. The summed E-state index contributed by atoms with van der Waals surface area (Å²) in [6.07, 6.45) is 5.63. The van der Waals surface area contributed by atoms with E-state index in [2.05, 4.69) is 9.97 Å². The van der Waals surface area contributed by atoms with Gasteiger partial charge in [0.15, 0.2) is 5.65 Å². The molecule has 23 heavy (non-hydrogen) atoms. The monoisotopic (exact) mass is 344 g/mol. The Bertz CT molecular complexity index is 924. The molecule has 0 bridgehead atoms. The zero-order valence-corrected chi connectivity index (χ0v) is 13.8. The molecule has 6 heteroatoms. The summed E-state index contributed by atoms with van der Waals surface area (Å²) < 4.78 is 0. The van der Waals surface area contributed by atoms with E-state index in [0.717, 1.165) is 47.9 Å². The van der Waals surface area contributed by atoms with Crippen LogP contribution >= 0.6 is 23.2 Å². The standard InChI is InChI=1S/C17H14Cl2N4/c18-9-5-6-10(12(19)7-9)14-11-3-1-2-4-13(11)23-17-15(14)16(20)21-8-22-17/h5-8H,1-4H2,(H2,20,21,22,23). The first-order chi connectivity index (χ1) is 11.1. The Morgan fingerprint density at radius 2 is 1.87 bits per heavy atom. The summed E-state index contributed by atoms with van der Waals surface area (Å²) in [6.45, 7) is 0. The second kappa shape index (κ2) is 5.62. The Balaban J connectivity index is 2.14. The van der Waals surface area contributed by atoms with Gasteiger partial charge in [-0.2, -0.15) is 0 Å². The molecule has 1 aliphatic rings. The molecule has 2 aromatic heterocycles. The van der Waals surface area contributed by atoms with Crippen LogP contribution in [-0.4, -0.2) is 15.0 Å². The van der Waals surface area contributed by atoms with Gasteiger partial charge in [-0.25, -0.2) is 15.0 Å². The predicted molar refractivity (Wildman–Crippen MR) is 93.8 cm³/mol. The van der Waals surface area contributed by atoms with E-state index in [-0.39, 0.29) is 0 Å². The van der Waals surface area contributed by atoms with Gasteiger partial charge in [0.1, 0.15) is 12.1 Å². The van der Waals surface area contributed by atoms with E-state index < -0.39 is 0 Å². The first-order valence-electron chi connectivity index (χ1n) is 7.52. The highest BCUT2D eigenvalue weighted by Crippen LogP contribution is 2.41. The Morgan fingerprint density at radius 1 is 1.04 bits per heavy atom. The Kier molecular flexibility index (Phi) is 3.58. The van der Waals surface area contributed by atoms with Crippen LogP contribution in [0.1, 0.15) is 24.1 Å². The molecular formula is C17H14Cl2N4. The first-order valence-corrected chi connectivity index (χ1v) is 8.28. The highest BCUT2D eigenvalue weighted by atomic mass is 35.5. The van der Waals surface area contributed by atoms with E-state index in [1.807, 2.05) is 12.1 Å². The minimum atomic E-state index is 0.428. The Hall–Kier alpha value is -1.91. The Morgan fingerprint density at radius 3 is 2.70 bits per heavy atom. The number of anilines is 1. The van der Waals surface area contributed by atoms with Crippen molar-refractivity contribution in [1.82, 2.24) is 15.0 Å². The second-order valence-electron chi connectivity index (χ2n) is 5.70. The van der Waals surface area contributed by atoms with Crippen LogP contribution in [0, 0.1) is 0 Å². The maximum atomic E-state index is 6.47. The van der Waals surface area contributed by atoms with Crippen molar-refractivity contribution in [3.63, 3.8) is 0 Å². The minimum Gasteiger partial charge on any atom is -0.383 e. The molecule has 4 rings (SSSR count). The zero-order chi connectivity index (χ0) is 16.0. The lowest BCUT2D eigenvalue weighted by Crippen LogP contribution is -2.10. The molecule has 4 nitrogen and oxygen atoms in total. The molecule has 3 aromatic rings. The quantitative estimate of drug-likeness (QED) is 0.707. The maximum Gasteiger partial charge on any atom is 0.165 e. The van der Waals surface area contributed by atoms with Crippen molar-refractivity contribution in [3.8, 4) is 11.1 Å². The van der Waals surface area contributed by atoms with Gasteiger partial charge in [0.25, 0.3) is 0 Å². The van der Waals surface area contributed by atoms with Gasteiger partial charge in [-0.15, -0.1) is 0 Å². The van der Waals surface area contributed by atoms with Crippen LogP contribution in [-0.2, 0) is 12.8 Å². The number of pyridine rings is 1. The molecule has 1 aliphatic carbocycles. The lowest BCUT2D eigenvalue weighted by molar-refractivity contribution is 0.672. The van der Waals surface area contributed by atoms with Gasteiger partial charge < -0.3 is 5.73 Å². The molecule has 0 saturated heterocycles. The lowest BCUT2D eigenvalue weighted by atomic mass is 9.87. The molecule has 0 amide bonds. The average Bonchev–Trinajstić information content (AvgIpc) is 2.54. The summed E-state index contributed by atoms with van der Waals surface area (Å²) in [4.78, 5) is 13.2. The minimum absolute atomic E-state index is 0.428. The van der Waals surface area contributed by atoms with Crippen molar-refractivity contribution in [2.45, 2.75) is 25.7 Å². The van der Waals surface area contributed by atoms with E-state index in [9.17, 15) is 0 Å². The van der Waals surface area contributed by atoms with Gasteiger partial charge in [-0.3, -0.25) is 0 Å². The third kappa shape index (κ3) is 2.42. The second-order valence-corrected chi connectivity index (χ2v) is 6.54. The van der Waals surface area contributed by atoms with Gasteiger partial charge in [-0.05, 0) is 43.4 Å². The molecular weight excluding hydrogens is 331 g/mol. The lowest BCUT2D eigenvalue weighted by Gasteiger charge is -2.21. The molecule has 1 aromatic carbocycles. The molecule has 2 heterocycles. The number of aromatic nitrogens is 3. The van der Waals surface area contributed by atoms with Crippen molar-refractivity contribution in [2.75, 3.05) is 5.73 Å². The topological polar surface area (TPSA) is 64.7 Å². The number of aryl methyl sites for hydroxylation is 1. The fraction of sp³-hybridized carbons (Fsp3) is 0.235. The van der Waals surface area contributed by atoms with Crippen LogP contribution in [0.5, 0.6) is 0 Å². The summed E-state index contributed by atoms with van der Waals surface area (Å²) in [5.41, 5.74) is 11.0. The molecule has 0 aliphatic heterocycles. The van der Waals surface area contributed by atoms with Crippen LogP contribution < -0.4 is 5.73 Å². The van der Waals surface area contributed by atoms with Crippen LogP contribution in [0.2, 0.25) is 10.0 Å². The number of rotatable bonds is 1. The summed E-state index contributed by atoms with van der Waals surface area (Å²) in [6, 6.07) is 5.52. The zero-order valence-electron chi connectivity index (χ0n) is 12.3. The van der Waals surface area contributed by atoms with E-state index in [4.69, 9.17) is 33.9 Å². The maximum absolute atomic E-state index is 6.47. The number of halogens is 2. The molecule has 0 radical (unpaired) electrons. The fourth-order valence-corrected chi connectivity index (χ4v) is 3.77.